The van der Waals surface area contributed by atoms with Gasteiger partial charge in [0.15, 0.2) is 8.32 Å². The number of anilines is 1. The van der Waals surface area contributed by atoms with Gasteiger partial charge in [0.2, 0.25) is 0 Å². The standard InChI is InChI=1S/C16H28N4O3Si/c1-16(2,3)24(4,5)23-15-7-9-19(11-12(15)17)13-6-8-18-10-14(13)20(21)22/h6,8,10,12,15H,7,9,11,17H2,1-5H3. The summed E-state index contributed by atoms with van der Waals surface area (Å²) < 4.78 is 6.46. The predicted molar refractivity (Wildman–Crippen MR) is 97.8 cm³/mol. The highest BCUT2D eigenvalue weighted by Gasteiger charge is 2.41. The highest BCUT2D eigenvalue weighted by atomic mass is 28.4. The van der Waals surface area contributed by atoms with Crippen LogP contribution in [0.5, 0.6) is 0 Å². The fraction of sp³-hybridized carbons (Fsp3) is 0.688. The Labute approximate surface area is 144 Å². The van der Waals surface area contributed by atoms with Gasteiger partial charge in [-0.3, -0.25) is 15.1 Å². The Hall–Kier alpha value is -1.51. The Morgan fingerprint density at radius 1 is 1.46 bits per heavy atom. The van der Waals surface area contributed by atoms with E-state index in [-0.39, 0.29) is 22.9 Å². The molecule has 8 heteroatoms. The molecular formula is C16H28N4O3Si. The van der Waals surface area contributed by atoms with E-state index in [2.05, 4.69) is 38.8 Å². The van der Waals surface area contributed by atoms with Crippen LogP contribution in [0.1, 0.15) is 27.2 Å². The van der Waals surface area contributed by atoms with E-state index in [1.165, 1.54) is 6.20 Å². The van der Waals surface area contributed by atoms with E-state index in [1.54, 1.807) is 12.3 Å². The van der Waals surface area contributed by atoms with Crippen molar-refractivity contribution < 1.29 is 9.35 Å². The molecule has 2 rings (SSSR count). The van der Waals surface area contributed by atoms with Crippen LogP contribution in [0.25, 0.3) is 0 Å². The summed E-state index contributed by atoms with van der Waals surface area (Å²) in [5.74, 6) is 0. The zero-order chi connectivity index (χ0) is 18.1. The summed E-state index contributed by atoms with van der Waals surface area (Å²) in [6.07, 6.45) is 3.64. The second-order valence-electron chi connectivity index (χ2n) is 7.94. The van der Waals surface area contributed by atoms with Gasteiger partial charge in [0.1, 0.15) is 11.9 Å². The van der Waals surface area contributed by atoms with E-state index in [4.69, 9.17) is 10.2 Å². The molecule has 0 amide bonds. The maximum Gasteiger partial charge on any atom is 0.310 e. The molecule has 1 aromatic rings. The van der Waals surface area contributed by atoms with Gasteiger partial charge < -0.3 is 15.1 Å². The van der Waals surface area contributed by atoms with Gasteiger partial charge in [-0.1, -0.05) is 20.8 Å². The van der Waals surface area contributed by atoms with Crippen molar-refractivity contribution in [1.29, 1.82) is 0 Å². The molecule has 0 aliphatic carbocycles. The first kappa shape index (κ1) is 18.8. The lowest BCUT2D eigenvalue weighted by Crippen LogP contribution is -2.56. The van der Waals surface area contributed by atoms with Gasteiger partial charge in [-0.05, 0) is 30.6 Å². The maximum absolute atomic E-state index is 11.2. The minimum absolute atomic E-state index is 0.00281. The van der Waals surface area contributed by atoms with Crippen molar-refractivity contribution in [3.8, 4) is 0 Å². The summed E-state index contributed by atoms with van der Waals surface area (Å²) in [6.45, 7) is 12.3. The second kappa shape index (κ2) is 6.77. The van der Waals surface area contributed by atoms with Crippen molar-refractivity contribution in [2.45, 2.75) is 57.5 Å². The van der Waals surface area contributed by atoms with Crippen LogP contribution in [-0.4, -0.2) is 43.5 Å². The summed E-state index contributed by atoms with van der Waals surface area (Å²) in [5, 5.41) is 11.3. The fourth-order valence-corrected chi connectivity index (χ4v) is 4.07. The number of piperidine rings is 1. The van der Waals surface area contributed by atoms with Gasteiger partial charge in [0.25, 0.3) is 0 Å². The van der Waals surface area contributed by atoms with Crippen LogP contribution in [0.3, 0.4) is 0 Å². The Morgan fingerprint density at radius 3 is 2.67 bits per heavy atom. The van der Waals surface area contributed by atoms with Crippen LogP contribution in [0.2, 0.25) is 18.1 Å². The Morgan fingerprint density at radius 2 is 2.12 bits per heavy atom. The highest BCUT2D eigenvalue weighted by molar-refractivity contribution is 6.74. The molecule has 2 N–H and O–H groups in total. The molecule has 134 valence electrons. The van der Waals surface area contributed by atoms with Crippen LogP contribution in [0.4, 0.5) is 11.4 Å². The largest absolute Gasteiger partial charge is 0.412 e. The average molecular weight is 353 g/mol. The van der Waals surface area contributed by atoms with Crippen LogP contribution in [-0.2, 0) is 4.43 Å². The minimum Gasteiger partial charge on any atom is -0.412 e. The molecule has 0 saturated carbocycles. The summed E-state index contributed by atoms with van der Waals surface area (Å²) in [5.41, 5.74) is 6.96. The molecule has 24 heavy (non-hydrogen) atoms. The molecule has 1 saturated heterocycles. The topological polar surface area (TPSA) is 94.5 Å². The van der Waals surface area contributed by atoms with Crippen LogP contribution < -0.4 is 10.6 Å². The van der Waals surface area contributed by atoms with Crippen molar-refractivity contribution >= 4 is 19.7 Å². The molecule has 1 aliphatic rings. The molecule has 2 heterocycles. The SMILES string of the molecule is CC(C)(C)[Si](C)(C)OC1CCN(c2ccncc2[N+](=O)[O-])CC1N. The number of nitrogens with zero attached hydrogens (tertiary/aromatic N) is 3. The van der Waals surface area contributed by atoms with Gasteiger partial charge in [0, 0.05) is 25.3 Å². The fourth-order valence-electron chi connectivity index (χ4n) is 2.67. The van der Waals surface area contributed by atoms with Gasteiger partial charge in [0.05, 0.1) is 11.0 Å². The Bertz CT molecular complexity index is 603. The highest BCUT2D eigenvalue weighted by Crippen LogP contribution is 2.39. The maximum atomic E-state index is 11.2. The van der Waals surface area contributed by atoms with E-state index in [9.17, 15) is 10.1 Å². The summed E-state index contributed by atoms with van der Waals surface area (Å²) in [6, 6.07) is 1.51. The van der Waals surface area contributed by atoms with E-state index in [0.29, 0.717) is 18.8 Å². The van der Waals surface area contributed by atoms with E-state index >= 15 is 0 Å². The third-order valence-corrected chi connectivity index (χ3v) is 9.66. The number of hydrogen-bond acceptors (Lipinski definition) is 6. The smallest absolute Gasteiger partial charge is 0.310 e. The van der Waals surface area contributed by atoms with Crippen LogP contribution >= 0.6 is 0 Å². The van der Waals surface area contributed by atoms with Crippen molar-refractivity contribution in [3.63, 3.8) is 0 Å². The van der Waals surface area contributed by atoms with Crippen molar-refractivity contribution in [2.24, 2.45) is 5.73 Å². The molecular weight excluding hydrogens is 324 g/mol. The third-order valence-electron chi connectivity index (χ3n) is 5.16. The molecule has 0 bridgehead atoms. The molecule has 1 aliphatic heterocycles. The Kier molecular flexibility index (Phi) is 5.31. The zero-order valence-electron chi connectivity index (χ0n) is 15.2. The normalized spacial score (nSPS) is 22.5. The zero-order valence-corrected chi connectivity index (χ0v) is 16.2. The molecule has 2 atom stereocenters. The molecule has 1 aromatic heterocycles. The first-order valence-electron chi connectivity index (χ1n) is 8.29. The number of nitro groups is 1. The summed E-state index contributed by atoms with van der Waals surface area (Å²) >= 11 is 0. The van der Waals surface area contributed by atoms with Crippen LogP contribution in [0.15, 0.2) is 18.5 Å². The van der Waals surface area contributed by atoms with Gasteiger partial charge >= 0.3 is 5.69 Å². The molecule has 0 spiro atoms. The molecule has 7 nitrogen and oxygen atoms in total. The number of nitrogens with two attached hydrogens (primary N) is 1. The van der Waals surface area contributed by atoms with Crippen molar-refractivity contribution in [3.05, 3.63) is 28.6 Å². The second-order valence-corrected chi connectivity index (χ2v) is 12.7. The van der Waals surface area contributed by atoms with E-state index in [1.807, 2.05) is 4.90 Å². The van der Waals surface area contributed by atoms with Gasteiger partial charge in [-0.2, -0.15) is 0 Å². The van der Waals surface area contributed by atoms with Crippen LogP contribution in [0, 0.1) is 10.1 Å². The Balaban J connectivity index is 2.10. The summed E-state index contributed by atoms with van der Waals surface area (Å²) in [7, 11) is -1.88. The lowest BCUT2D eigenvalue weighted by atomic mass is 10.0. The van der Waals surface area contributed by atoms with Gasteiger partial charge in [-0.25, -0.2) is 0 Å². The lowest BCUT2D eigenvalue weighted by Gasteiger charge is -2.44. The monoisotopic (exact) mass is 352 g/mol. The number of pyridine rings is 1. The molecule has 2 unspecified atom stereocenters. The average Bonchev–Trinajstić information content (AvgIpc) is 2.48. The molecule has 0 radical (unpaired) electrons. The quantitative estimate of drug-likeness (QED) is 0.508. The minimum atomic E-state index is -1.88. The number of aromatic nitrogens is 1. The third kappa shape index (κ3) is 3.93. The summed E-state index contributed by atoms with van der Waals surface area (Å²) in [4.78, 5) is 16.6. The molecule has 0 aromatic carbocycles. The molecule has 1 fully saturated rings. The van der Waals surface area contributed by atoms with Crippen molar-refractivity contribution in [1.82, 2.24) is 4.98 Å². The first-order valence-corrected chi connectivity index (χ1v) is 11.2. The van der Waals surface area contributed by atoms with E-state index in [0.717, 1.165) is 6.42 Å². The number of rotatable bonds is 4. The number of hydrogen-bond donors (Lipinski definition) is 1. The van der Waals surface area contributed by atoms with E-state index < -0.39 is 13.2 Å². The van der Waals surface area contributed by atoms with Gasteiger partial charge in [-0.15, -0.1) is 0 Å². The predicted octanol–water partition coefficient (Wildman–Crippen LogP) is 2.92. The first-order chi connectivity index (χ1) is 11.0. The lowest BCUT2D eigenvalue weighted by molar-refractivity contribution is -0.384. The van der Waals surface area contributed by atoms with Crippen molar-refractivity contribution in [2.75, 3.05) is 18.0 Å².